The van der Waals surface area contributed by atoms with Gasteiger partial charge in [-0.15, -0.1) is 0 Å². The summed E-state index contributed by atoms with van der Waals surface area (Å²) in [5.74, 6) is 0.0713. The molecule has 5 heterocycles. The standard InChI is InChI=1S/C22H25Cl2N7O10P2S2/c23-10-2-12-13(3-11(10)24)30(8-28-12)21-15(1-9(39-21)5-37-42(34,35)44)41-43(36,45)38-6-16-14(32)4-17(40-16)31-20-18(29-22(31)33)19(25)26-7-27-20/h2-3,7-9,14-17,21,32H,1,4-6H2,(H,29,33)(H,36,45)(H2,25,26,27)(H2,34,35,44)/t9-,14-,15+,16+,17+,21+,43?/m0/s1. The van der Waals surface area contributed by atoms with E-state index in [2.05, 4.69) is 32.2 Å². The first-order chi connectivity index (χ1) is 21.2. The van der Waals surface area contributed by atoms with Gasteiger partial charge in [-0.3, -0.25) is 4.52 Å². The Balaban J connectivity index is 1.17. The number of hydrogen-bond donors (Lipinski definition) is 6. The van der Waals surface area contributed by atoms with Gasteiger partial charge in [0, 0.05) is 12.8 Å². The zero-order valence-electron chi connectivity index (χ0n) is 22.6. The first-order valence-electron chi connectivity index (χ1n) is 13.1. The Kier molecular flexibility index (Phi) is 9.41. The van der Waals surface area contributed by atoms with Crippen LogP contribution >= 0.6 is 49.0 Å². The number of fused-ring (bicyclic) bond motifs is 2. The maximum atomic E-state index is 12.6. The van der Waals surface area contributed by atoms with E-state index in [4.69, 9.17) is 63.8 Å². The molecular formula is C22H25Cl2N7O10P2S2. The minimum absolute atomic E-state index is 0.000306. The predicted octanol–water partition coefficient (Wildman–Crippen LogP) is 2.66. The summed E-state index contributed by atoms with van der Waals surface area (Å²) in [6.07, 6.45) is -3.03. The van der Waals surface area contributed by atoms with Gasteiger partial charge >= 0.3 is 19.2 Å². The van der Waals surface area contributed by atoms with Crippen molar-refractivity contribution in [3.8, 4) is 0 Å². The molecule has 2 aliphatic heterocycles. The molecule has 6 N–H and O–H groups in total. The molecule has 17 nitrogen and oxygen atoms in total. The van der Waals surface area contributed by atoms with Crippen LogP contribution in [-0.2, 0) is 39.4 Å². The van der Waals surface area contributed by atoms with Crippen LogP contribution in [0.15, 0.2) is 29.6 Å². The first-order valence-corrected chi connectivity index (χ1v) is 19.1. The second kappa shape index (κ2) is 12.7. The van der Waals surface area contributed by atoms with Crippen LogP contribution in [0, 0.1) is 0 Å². The summed E-state index contributed by atoms with van der Waals surface area (Å²) >= 11 is 21.2. The van der Waals surface area contributed by atoms with Crippen molar-refractivity contribution in [3.05, 3.63) is 45.3 Å². The molecule has 0 bridgehead atoms. The Morgan fingerprint density at radius 3 is 2.67 bits per heavy atom. The van der Waals surface area contributed by atoms with Gasteiger partial charge in [0.1, 0.15) is 30.3 Å². The minimum atomic E-state index is -4.12. The van der Waals surface area contributed by atoms with Crippen LogP contribution in [0.4, 0.5) is 5.82 Å². The van der Waals surface area contributed by atoms with Gasteiger partial charge in [0.15, 0.2) is 17.7 Å². The molecule has 244 valence electrons. The number of imidazole rings is 2. The number of aromatic nitrogens is 6. The molecule has 0 amide bonds. The van der Waals surface area contributed by atoms with Gasteiger partial charge in [-0.05, 0) is 23.9 Å². The molecule has 2 aliphatic rings. The molecule has 2 fully saturated rings. The molecule has 45 heavy (non-hydrogen) atoms. The van der Waals surface area contributed by atoms with Crippen LogP contribution in [0.3, 0.4) is 0 Å². The van der Waals surface area contributed by atoms with Crippen molar-refractivity contribution in [1.82, 2.24) is 29.1 Å². The third kappa shape index (κ3) is 7.12. The quantitative estimate of drug-likeness (QED) is 0.101. The largest absolute Gasteiger partial charge is 0.390 e. The monoisotopic (exact) mass is 743 g/mol. The lowest BCUT2D eigenvalue weighted by molar-refractivity contribution is -0.0534. The number of aromatic amines is 1. The number of nitrogens with two attached hydrogens (primary N) is 1. The smallest absolute Gasteiger partial charge is 0.383 e. The minimum Gasteiger partial charge on any atom is -0.390 e. The van der Waals surface area contributed by atoms with E-state index in [9.17, 15) is 24.3 Å². The van der Waals surface area contributed by atoms with Gasteiger partial charge in [0.25, 0.3) is 0 Å². The number of aliphatic hydroxyl groups excluding tert-OH is 1. The number of hydrogen-bond acceptors (Lipinski definition) is 13. The molecule has 1 aromatic carbocycles. The molecule has 0 aliphatic carbocycles. The molecule has 2 unspecified atom stereocenters. The number of aliphatic hydroxyl groups is 1. The maximum absolute atomic E-state index is 12.6. The third-order valence-electron chi connectivity index (χ3n) is 7.16. The number of nitrogens with one attached hydrogen (secondary N) is 1. The Hall–Kier alpha value is -1.67. The van der Waals surface area contributed by atoms with Crippen molar-refractivity contribution in [1.29, 1.82) is 0 Å². The van der Waals surface area contributed by atoms with E-state index in [1.165, 1.54) is 17.2 Å². The van der Waals surface area contributed by atoms with Crippen molar-refractivity contribution in [3.63, 3.8) is 0 Å². The molecule has 3 aromatic heterocycles. The van der Waals surface area contributed by atoms with E-state index in [1.54, 1.807) is 16.7 Å². The van der Waals surface area contributed by atoms with Crippen molar-refractivity contribution in [2.75, 3.05) is 18.9 Å². The first kappa shape index (κ1) is 33.2. The normalized spacial score (nSPS) is 28.1. The average Bonchev–Trinajstić information content (AvgIpc) is 3.71. The highest BCUT2D eigenvalue weighted by molar-refractivity contribution is 8.44. The number of nitrogens with zero attached hydrogens (tertiary/aromatic N) is 5. The third-order valence-corrected chi connectivity index (χ3v) is 10.3. The Labute approximate surface area is 273 Å². The number of thiol groups is 1. The molecule has 8 atom stereocenters. The van der Waals surface area contributed by atoms with Gasteiger partial charge in [0.05, 0.1) is 52.8 Å². The van der Waals surface area contributed by atoms with Crippen molar-refractivity contribution in [2.24, 2.45) is 0 Å². The summed E-state index contributed by atoms with van der Waals surface area (Å²) in [6, 6.07) is 3.14. The summed E-state index contributed by atoms with van der Waals surface area (Å²) in [7, 11) is 0. The SMILES string of the molecule is Nc1ncnc2c1[nH]c(=O)n2[C@H]1C[C@H](O)[C@@H](COP(O)(=S)O[C@@H]2C[C@@H](COP(=O)(O)S)O[C@H]2n2cnc3cc(Cl)c(Cl)cc32)O1. The predicted molar refractivity (Wildman–Crippen MR) is 167 cm³/mol. The lowest BCUT2D eigenvalue weighted by atomic mass is 10.2. The fourth-order valence-electron chi connectivity index (χ4n) is 5.18. The average molecular weight is 744 g/mol. The van der Waals surface area contributed by atoms with Gasteiger partial charge < -0.3 is 48.7 Å². The van der Waals surface area contributed by atoms with Crippen LogP contribution in [0.2, 0.25) is 10.0 Å². The van der Waals surface area contributed by atoms with E-state index in [1.807, 2.05) is 0 Å². The molecule has 4 aromatic rings. The Morgan fingerprint density at radius 1 is 1.16 bits per heavy atom. The highest BCUT2D eigenvalue weighted by atomic mass is 35.5. The van der Waals surface area contributed by atoms with Gasteiger partial charge in [-0.2, -0.15) is 0 Å². The fraction of sp³-hybridized carbons (Fsp3) is 0.455. The van der Waals surface area contributed by atoms with Crippen LogP contribution in [0.25, 0.3) is 22.2 Å². The summed E-state index contributed by atoms with van der Waals surface area (Å²) in [5.41, 5.74) is 6.69. The lowest BCUT2D eigenvalue weighted by Crippen LogP contribution is -2.27. The number of benzene rings is 1. The number of H-pyrrole nitrogens is 1. The van der Waals surface area contributed by atoms with E-state index < -0.39 is 56.1 Å². The van der Waals surface area contributed by atoms with E-state index in [0.29, 0.717) is 11.0 Å². The summed E-state index contributed by atoms with van der Waals surface area (Å²) < 4.78 is 42.7. The number of nitrogen functional groups attached to an aromatic ring is 1. The van der Waals surface area contributed by atoms with Crippen LogP contribution in [0.1, 0.15) is 25.3 Å². The van der Waals surface area contributed by atoms with Crippen molar-refractivity contribution >= 4 is 88.8 Å². The molecule has 0 radical (unpaired) electrons. The second-order valence-corrected chi connectivity index (χ2v) is 16.5. The zero-order valence-corrected chi connectivity index (χ0v) is 27.6. The summed E-state index contributed by atoms with van der Waals surface area (Å²) in [6.45, 7) is -8.88. The number of rotatable bonds is 10. The highest BCUT2D eigenvalue weighted by Crippen LogP contribution is 2.52. The molecule has 23 heteroatoms. The molecule has 2 saturated heterocycles. The zero-order chi connectivity index (χ0) is 32.3. The summed E-state index contributed by atoms with van der Waals surface area (Å²) in [5, 5.41) is 11.2. The van der Waals surface area contributed by atoms with Gasteiger partial charge in [0.2, 0.25) is 0 Å². The van der Waals surface area contributed by atoms with Crippen LogP contribution in [-0.4, -0.2) is 81.6 Å². The van der Waals surface area contributed by atoms with Crippen LogP contribution in [0.5, 0.6) is 0 Å². The lowest BCUT2D eigenvalue weighted by Gasteiger charge is -2.26. The highest BCUT2D eigenvalue weighted by Gasteiger charge is 2.43. The maximum Gasteiger partial charge on any atom is 0.383 e. The van der Waals surface area contributed by atoms with Crippen molar-refractivity contribution < 1.29 is 42.5 Å². The number of ether oxygens (including phenoxy) is 2. The van der Waals surface area contributed by atoms with Crippen LogP contribution < -0.4 is 11.4 Å². The molecular weight excluding hydrogens is 719 g/mol. The van der Waals surface area contributed by atoms with Gasteiger partial charge in [-0.25, -0.2) is 28.9 Å². The van der Waals surface area contributed by atoms with Gasteiger partial charge in [-0.1, -0.05) is 35.5 Å². The van der Waals surface area contributed by atoms with E-state index in [0.717, 1.165) is 0 Å². The molecule has 0 saturated carbocycles. The summed E-state index contributed by atoms with van der Waals surface area (Å²) in [4.78, 5) is 48.0. The number of halogens is 2. The number of anilines is 1. The second-order valence-electron chi connectivity index (χ2n) is 10.2. The fourth-order valence-corrected chi connectivity index (χ4v) is 7.50. The molecule has 0 spiro atoms. The topological polar surface area (TPSA) is 231 Å². The Morgan fingerprint density at radius 2 is 1.91 bits per heavy atom. The Bertz CT molecular complexity index is 1910. The molecule has 6 rings (SSSR count). The van der Waals surface area contributed by atoms with E-state index >= 15 is 0 Å². The van der Waals surface area contributed by atoms with Crippen molar-refractivity contribution in [2.45, 2.75) is 49.7 Å². The van der Waals surface area contributed by atoms with E-state index in [-0.39, 0.29) is 53.1 Å².